The molecule has 0 bridgehead atoms. The quantitative estimate of drug-likeness (QED) is 0.708. The Balaban J connectivity index is 1.77. The number of aryl methyl sites for hydroxylation is 1. The predicted molar refractivity (Wildman–Crippen MR) is 123 cm³/mol. The summed E-state index contributed by atoms with van der Waals surface area (Å²) in [7, 11) is -3.60. The number of carbonyl (C=O) groups excluding carboxylic acids is 1. The zero-order chi connectivity index (χ0) is 21.9. The third-order valence-electron chi connectivity index (χ3n) is 5.83. The standard InChI is InChI=1S/C23H31N3O3S/c1-5-21(26(30(4,28)29)20-11-7-6-8-12-20)23(27)25-16-14-24(15-17-25)22-13-9-10-18(2)19(22)3/h6-13,21H,5,14-17H2,1-4H3/t21-/m1/s1. The minimum absolute atomic E-state index is 0.132. The van der Waals surface area contributed by atoms with E-state index in [4.69, 9.17) is 0 Å². The van der Waals surface area contributed by atoms with Crippen LogP contribution >= 0.6 is 0 Å². The minimum atomic E-state index is -3.60. The normalized spacial score (nSPS) is 15.7. The first-order chi connectivity index (χ1) is 14.2. The molecule has 2 aromatic carbocycles. The van der Waals surface area contributed by atoms with Crippen LogP contribution in [0.4, 0.5) is 11.4 Å². The van der Waals surface area contributed by atoms with Gasteiger partial charge in [-0.3, -0.25) is 9.10 Å². The van der Waals surface area contributed by atoms with Gasteiger partial charge in [0.2, 0.25) is 15.9 Å². The fourth-order valence-corrected chi connectivity index (χ4v) is 5.28. The first-order valence-corrected chi connectivity index (χ1v) is 12.2. The van der Waals surface area contributed by atoms with Crippen molar-refractivity contribution in [2.24, 2.45) is 0 Å². The largest absolute Gasteiger partial charge is 0.368 e. The SMILES string of the molecule is CC[C@H](C(=O)N1CCN(c2cccc(C)c2C)CC1)N(c1ccccc1)S(C)(=O)=O. The van der Waals surface area contributed by atoms with E-state index in [-0.39, 0.29) is 5.91 Å². The Labute approximate surface area is 180 Å². The average Bonchev–Trinajstić information content (AvgIpc) is 2.73. The Morgan fingerprint density at radius 2 is 1.63 bits per heavy atom. The van der Waals surface area contributed by atoms with Crippen LogP contribution in [-0.2, 0) is 14.8 Å². The van der Waals surface area contributed by atoms with Crippen molar-refractivity contribution in [3.05, 3.63) is 59.7 Å². The predicted octanol–water partition coefficient (Wildman–Crippen LogP) is 3.20. The molecule has 1 fully saturated rings. The molecule has 1 saturated heterocycles. The van der Waals surface area contributed by atoms with Crippen LogP contribution < -0.4 is 9.21 Å². The summed E-state index contributed by atoms with van der Waals surface area (Å²) in [5.41, 5.74) is 4.24. The molecule has 1 atom stereocenters. The lowest BCUT2D eigenvalue weighted by atomic mass is 10.1. The molecule has 1 heterocycles. The molecule has 0 aliphatic carbocycles. The van der Waals surface area contributed by atoms with Gasteiger partial charge in [0, 0.05) is 31.9 Å². The van der Waals surface area contributed by atoms with Gasteiger partial charge in [-0.05, 0) is 49.6 Å². The minimum Gasteiger partial charge on any atom is -0.368 e. The Morgan fingerprint density at radius 3 is 2.20 bits per heavy atom. The topological polar surface area (TPSA) is 60.9 Å². The van der Waals surface area contributed by atoms with E-state index in [0.717, 1.165) is 19.3 Å². The van der Waals surface area contributed by atoms with Gasteiger partial charge < -0.3 is 9.80 Å². The molecule has 0 aromatic heterocycles. The second-order valence-electron chi connectivity index (χ2n) is 7.85. The maximum absolute atomic E-state index is 13.4. The second-order valence-corrected chi connectivity index (χ2v) is 9.71. The molecule has 6 nitrogen and oxygen atoms in total. The molecule has 1 aliphatic heterocycles. The summed E-state index contributed by atoms with van der Waals surface area (Å²) >= 11 is 0. The Morgan fingerprint density at radius 1 is 1.00 bits per heavy atom. The highest BCUT2D eigenvalue weighted by Crippen LogP contribution is 2.26. The summed E-state index contributed by atoms with van der Waals surface area (Å²) in [6.45, 7) is 8.71. The molecular weight excluding hydrogens is 398 g/mol. The van der Waals surface area contributed by atoms with Crippen molar-refractivity contribution in [2.45, 2.75) is 33.2 Å². The van der Waals surface area contributed by atoms with Gasteiger partial charge in [-0.1, -0.05) is 37.3 Å². The fraction of sp³-hybridized carbons (Fsp3) is 0.435. The second kappa shape index (κ2) is 9.08. The molecule has 1 amide bonds. The van der Waals surface area contributed by atoms with E-state index < -0.39 is 16.1 Å². The van der Waals surface area contributed by atoms with Crippen LogP contribution in [0.2, 0.25) is 0 Å². The van der Waals surface area contributed by atoms with E-state index in [1.807, 2.05) is 13.0 Å². The molecule has 1 aliphatic rings. The van der Waals surface area contributed by atoms with Crippen LogP contribution in [0.25, 0.3) is 0 Å². The average molecular weight is 430 g/mol. The lowest BCUT2D eigenvalue weighted by Gasteiger charge is -2.40. The van der Waals surface area contributed by atoms with Crippen LogP contribution in [0.15, 0.2) is 48.5 Å². The van der Waals surface area contributed by atoms with Crippen LogP contribution in [0, 0.1) is 13.8 Å². The molecule has 0 radical (unpaired) electrons. The number of para-hydroxylation sites is 1. The number of benzene rings is 2. The molecule has 162 valence electrons. The molecule has 0 saturated carbocycles. The highest BCUT2D eigenvalue weighted by atomic mass is 32.2. The van der Waals surface area contributed by atoms with Gasteiger partial charge >= 0.3 is 0 Å². The monoisotopic (exact) mass is 429 g/mol. The molecule has 7 heteroatoms. The first kappa shape index (κ1) is 22.2. The summed E-state index contributed by atoms with van der Waals surface area (Å²) in [6.07, 6.45) is 1.58. The van der Waals surface area contributed by atoms with Gasteiger partial charge in [0.25, 0.3) is 0 Å². The third kappa shape index (κ3) is 4.61. The number of hydrogen-bond acceptors (Lipinski definition) is 4. The number of sulfonamides is 1. The van der Waals surface area contributed by atoms with Gasteiger partial charge in [-0.2, -0.15) is 0 Å². The fourth-order valence-electron chi connectivity index (χ4n) is 4.07. The van der Waals surface area contributed by atoms with Crippen LogP contribution in [0.1, 0.15) is 24.5 Å². The summed E-state index contributed by atoms with van der Waals surface area (Å²) in [5.74, 6) is -0.132. The number of amides is 1. The van der Waals surface area contributed by atoms with Gasteiger partial charge in [-0.15, -0.1) is 0 Å². The number of nitrogens with zero attached hydrogens (tertiary/aromatic N) is 3. The van der Waals surface area contributed by atoms with E-state index in [2.05, 4.69) is 36.9 Å². The lowest BCUT2D eigenvalue weighted by Crippen LogP contribution is -2.56. The Kier molecular flexibility index (Phi) is 6.71. The number of hydrogen-bond donors (Lipinski definition) is 0. The van der Waals surface area contributed by atoms with E-state index in [1.165, 1.54) is 21.1 Å². The molecular formula is C23H31N3O3S. The van der Waals surface area contributed by atoms with Crippen molar-refractivity contribution in [3.8, 4) is 0 Å². The maximum atomic E-state index is 13.4. The van der Waals surface area contributed by atoms with Crippen molar-refractivity contribution >= 4 is 27.3 Å². The van der Waals surface area contributed by atoms with Crippen molar-refractivity contribution < 1.29 is 13.2 Å². The molecule has 0 unspecified atom stereocenters. The van der Waals surface area contributed by atoms with Crippen LogP contribution in [0.5, 0.6) is 0 Å². The van der Waals surface area contributed by atoms with Crippen LogP contribution in [-0.4, -0.2) is 57.7 Å². The Bertz CT molecular complexity index is 984. The third-order valence-corrected chi connectivity index (χ3v) is 7.01. The first-order valence-electron chi connectivity index (χ1n) is 10.4. The zero-order valence-electron chi connectivity index (χ0n) is 18.2. The van der Waals surface area contributed by atoms with E-state index in [9.17, 15) is 13.2 Å². The lowest BCUT2D eigenvalue weighted by molar-refractivity contribution is -0.132. The van der Waals surface area contributed by atoms with E-state index in [1.54, 1.807) is 29.2 Å². The summed E-state index contributed by atoms with van der Waals surface area (Å²) in [6, 6.07) is 14.4. The zero-order valence-corrected chi connectivity index (χ0v) is 19.0. The molecule has 2 aromatic rings. The number of rotatable bonds is 6. The van der Waals surface area contributed by atoms with Crippen molar-refractivity contribution in [3.63, 3.8) is 0 Å². The van der Waals surface area contributed by atoms with Crippen molar-refractivity contribution in [1.82, 2.24) is 4.90 Å². The van der Waals surface area contributed by atoms with Crippen LogP contribution in [0.3, 0.4) is 0 Å². The highest BCUT2D eigenvalue weighted by molar-refractivity contribution is 7.92. The smallest absolute Gasteiger partial charge is 0.246 e. The molecule has 3 rings (SSSR count). The maximum Gasteiger partial charge on any atom is 0.246 e. The van der Waals surface area contributed by atoms with Gasteiger partial charge in [0.1, 0.15) is 6.04 Å². The summed E-state index contributed by atoms with van der Waals surface area (Å²) in [4.78, 5) is 17.5. The summed E-state index contributed by atoms with van der Waals surface area (Å²) < 4.78 is 26.4. The van der Waals surface area contributed by atoms with E-state index >= 15 is 0 Å². The molecule has 0 spiro atoms. The van der Waals surface area contributed by atoms with Crippen molar-refractivity contribution in [1.29, 1.82) is 0 Å². The van der Waals surface area contributed by atoms with Gasteiger partial charge in [0.15, 0.2) is 0 Å². The van der Waals surface area contributed by atoms with Gasteiger partial charge in [-0.25, -0.2) is 8.42 Å². The van der Waals surface area contributed by atoms with Crippen molar-refractivity contribution in [2.75, 3.05) is 41.6 Å². The highest BCUT2D eigenvalue weighted by Gasteiger charge is 2.35. The Hall–Kier alpha value is -2.54. The molecule has 0 N–H and O–H groups in total. The number of anilines is 2. The molecule has 30 heavy (non-hydrogen) atoms. The van der Waals surface area contributed by atoms with Gasteiger partial charge in [0.05, 0.1) is 11.9 Å². The van der Waals surface area contributed by atoms with E-state index in [0.29, 0.717) is 25.2 Å². The summed E-state index contributed by atoms with van der Waals surface area (Å²) in [5, 5.41) is 0. The number of carbonyl (C=O) groups is 1. The number of piperazine rings is 1.